The van der Waals surface area contributed by atoms with E-state index in [9.17, 15) is 0 Å². The molecule has 0 aromatic carbocycles. The smallest absolute Gasteiger partial charge is 0.283 e. The predicted octanol–water partition coefficient (Wildman–Crippen LogP) is 0.950. The van der Waals surface area contributed by atoms with Gasteiger partial charge in [0.2, 0.25) is 0 Å². The van der Waals surface area contributed by atoms with Crippen LogP contribution < -0.4 is 0 Å². The molecule has 0 N–H and O–H groups in total. The number of aromatic nitrogens is 2. The van der Waals surface area contributed by atoms with Gasteiger partial charge in [0.05, 0.1) is 12.4 Å². The number of hydrogen-bond donors (Lipinski definition) is 0. The van der Waals surface area contributed by atoms with E-state index in [2.05, 4.69) is 31.6 Å². The maximum Gasteiger partial charge on any atom is 0.283 e. The summed E-state index contributed by atoms with van der Waals surface area (Å²) in [5.41, 5.74) is 0. The Morgan fingerprint density at radius 3 is 1.50 bits per heavy atom. The van der Waals surface area contributed by atoms with Crippen molar-refractivity contribution in [3.63, 3.8) is 0 Å². The normalized spacial score (nSPS) is 8.00. The Morgan fingerprint density at radius 1 is 0.900 bits per heavy atom. The molecule has 50 valence electrons. The summed E-state index contributed by atoms with van der Waals surface area (Å²) in [6.07, 6.45) is 10.4. The zero-order chi connectivity index (χ0) is 7.07. The third kappa shape index (κ3) is 2.66. The minimum Gasteiger partial charge on any atom is -0.441 e. The lowest BCUT2D eigenvalue weighted by Gasteiger charge is -1.44. The van der Waals surface area contributed by atoms with E-state index in [1.165, 1.54) is 24.9 Å². The van der Waals surface area contributed by atoms with Gasteiger partial charge in [-0.2, -0.15) is 0 Å². The molecule has 2 rings (SSSR count). The molecule has 0 aliphatic rings. The highest BCUT2D eigenvalue weighted by atomic mass is 16.3. The molecule has 4 nitrogen and oxygen atoms in total. The number of rotatable bonds is 0. The average Bonchev–Trinajstić information content (AvgIpc) is 2.67. The second-order valence-electron chi connectivity index (χ2n) is 1.25. The maximum absolute atomic E-state index is 4.35. The Labute approximate surface area is 57.5 Å². The summed E-state index contributed by atoms with van der Waals surface area (Å²) < 4.78 is 8.69. The van der Waals surface area contributed by atoms with Crippen LogP contribution in [0.25, 0.3) is 0 Å². The van der Waals surface area contributed by atoms with Crippen LogP contribution in [0.1, 0.15) is 0 Å². The van der Waals surface area contributed by atoms with Crippen LogP contribution in [0.2, 0.25) is 0 Å². The fourth-order valence-electron chi connectivity index (χ4n) is 0.304. The van der Waals surface area contributed by atoms with E-state index in [1.807, 2.05) is 0 Å². The third-order valence-electron chi connectivity index (χ3n) is 0.618. The van der Waals surface area contributed by atoms with Gasteiger partial charge in [0.25, 0.3) is 12.8 Å². The molecule has 0 amide bonds. The first kappa shape index (κ1) is 6.54. The van der Waals surface area contributed by atoms with Crippen molar-refractivity contribution in [3.8, 4) is 0 Å². The largest absolute Gasteiger partial charge is 0.441 e. The fraction of sp³-hybridized carbons (Fsp3) is 0. The Morgan fingerprint density at radius 2 is 1.40 bits per heavy atom. The van der Waals surface area contributed by atoms with Gasteiger partial charge in [-0.25, -0.2) is 9.97 Å². The van der Waals surface area contributed by atoms with Gasteiger partial charge in [-0.3, -0.25) is 0 Å². The molecule has 0 spiro atoms. The summed E-state index contributed by atoms with van der Waals surface area (Å²) >= 11 is 0. The highest BCUT2D eigenvalue weighted by Gasteiger charge is 1.62. The SMILES string of the molecule is [c]1ncco1.[c]1ncco1. The van der Waals surface area contributed by atoms with Gasteiger partial charge in [-0.1, -0.05) is 0 Å². The quantitative estimate of drug-likeness (QED) is 0.541. The van der Waals surface area contributed by atoms with Crippen LogP contribution in [0.4, 0.5) is 0 Å². The van der Waals surface area contributed by atoms with Crippen molar-refractivity contribution >= 4 is 0 Å². The van der Waals surface area contributed by atoms with E-state index in [4.69, 9.17) is 0 Å². The van der Waals surface area contributed by atoms with E-state index in [-0.39, 0.29) is 0 Å². The number of nitrogens with zero attached hydrogens (tertiary/aromatic N) is 2. The van der Waals surface area contributed by atoms with E-state index < -0.39 is 0 Å². The van der Waals surface area contributed by atoms with Gasteiger partial charge < -0.3 is 8.83 Å². The second kappa shape index (κ2) is 4.31. The molecule has 0 aliphatic carbocycles. The van der Waals surface area contributed by atoms with Gasteiger partial charge >= 0.3 is 0 Å². The van der Waals surface area contributed by atoms with Crippen molar-refractivity contribution in [1.29, 1.82) is 0 Å². The molecule has 10 heavy (non-hydrogen) atoms. The van der Waals surface area contributed by atoms with Gasteiger partial charge in [0, 0.05) is 0 Å². The summed E-state index contributed by atoms with van der Waals surface area (Å²) in [6, 6.07) is 0. The summed E-state index contributed by atoms with van der Waals surface area (Å²) in [4.78, 5) is 6.86. The molecule has 0 bridgehead atoms. The first-order chi connectivity index (χ1) is 5.00. The molecule has 0 unspecified atom stereocenters. The lowest BCUT2D eigenvalue weighted by Crippen LogP contribution is -1.40. The first-order valence-corrected chi connectivity index (χ1v) is 2.51. The van der Waals surface area contributed by atoms with Crippen molar-refractivity contribution in [1.82, 2.24) is 9.97 Å². The number of hydrogen-bond acceptors (Lipinski definition) is 4. The molecule has 2 aromatic heterocycles. The fourth-order valence-corrected chi connectivity index (χ4v) is 0.304. The Bertz CT molecular complexity index is 153. The summed E-state index contributed by atoms with van der Waals surface area (Å²) in [5.74, 6) is 0. The molecule has 4 heteroatoms. The van der Waals surface area contributed by atoms with Gasteiger partial charge in [0.1, 0.15) is 12.5 Å². The van der Waals surface area contributed by atoms with E-state index >= 15 is 0 Å². The lowest BCUT2D eigenvalue weighted by atomic mass is 11.0. The van der Waals surface area contributed by atoms with Crippen LogP contribution in [0.3, 0.4) is 0 Å². The summed E-state index contributed by atoms with van der Waals surface area (Å²) in [5, 5.41) is 0. The highest BCUT2D eigenvalue weighted by Crippen LogP contribution is 1.71. The molecule has 2 radical (unpaired) electrons. The lowest BCUT2D eigenvalue weighted by molar-refractivity contribution is 0.547. The zero-order valence-electron chi connectivity index (χ0n) is 5.02. The van der Waals surface area contributed by atoms with Crippen molar-refractivity contribution in [2.75, 3.05) is 0 Å². The van der Waals surface area contributed by atoms with Crippen LogP contribution in [0.15, 0.2) is 33.8 Å². The van der Waals surface area contributed by atoms with E-state index in [1.54, 1.807) is 0 Å². The highest BCUT2D eigenvalue weighted by molar-refractivity contribution is 4.55. The predicted molar refractivity (Wildman–Crippen MR) is 30.7 cm³/mol. The van der Waals surface area contributed by atoms with E-state index in [0.29, 0.717) is 0 Å². The van der Waals surface area contributed by atoms with Crippen LogP contribution in [0, 0.1) is 12.8 Å². The Hall–Kier alpha value is -1.58. The molecule has 2 aromatic rings. The molecule has 0 saturated heterocycles. The van der Waals surface area contributed by atoms with E-state index in [0.717, 1.165) is 0 Å². The monoisotopic (exact) mass is 136 g/mol. The van der Waals surface area contributed by atoms with Crippen LogP contribution >= 0.6 is 0 Å². The van der Waals surface area contributed by atoms with Gasteiger partial charge in [-0.15, -0.1) is 0 Å². The summed E-state index contributed by atoms with van der Waals surface area (Å²) in [7, 11) is 0. The molecule has 0 fully saturated rings. The van der Waals surface area contributed by atoms with Crippen LogP contribution in [0.5, 0.6) is 0 Å². The maximum atomic E-state index is 4.35. The molecular weight excluding hydrogens is 132 g/mol. The standard InChI is InChI=1S/2C3H2NO/c2*1-2-5-3-4-1/h2*1-2H. The van der Waals surface area contributed by atoms with Crippen LogP contribution in [-0.2, 0) is 0 Å². The molecule has 0 saturated carbocycles. The molecule has 2 heterocycles. The minimum atomic E-state index is 1.46. The molecular formula is C6H4N2O2. The Kier molecular flexibility index (Phi) is 2.82. The Balaban J connectivity index is 0.0000001000. The van der Waals surface area contributed by atoms with Crippen molar-refractivity contribution in [2.24, 2.45) is 0 Å². The number of oxazole rings is 2. The first-order valence-electron chi connectivity index (χ1n) is 2.51. The topological polar surface area (TPSA) is 52.1 Å². The summed E-state index contributed by atoms with van der Waals surface area (Å²) in [6.45, 7) is 0. The third-order valence-corrected chi connectivity index (χ3v) is 0.618. The van der Waals surface area contributed by atoms with Crippen molar-refractivity contribution in [3.05, 3.63) is 37.7 Å². The van der Waals surface area contributed by atoms with Gasteiger partial charge in [-0.05, 0) is 0 Å². The molecule has 0 aliphatic heterocycles. The second-order valence-corrected chi connectivity index (χ2v) is 1.25. The van der Waals surface area contributed by atoms with Gasteiger partial charge in [0.15, 0.2) is 0 Å². The van der Waals surface area contributed by atoms with Crippen LogP contribution in [-0.4, -0.2) is 9.97 Å². The average molecular weight is 136 g/mol. The zero-order valence-corrected chi connectivity index (χ0v) is 5.02. The molecule has 0 atom stereocenters. The van der Waals surface area contributed by atoms with Crippen molar-refractivity contribution < 1.29 is 8.83 Å². The minimum absolute atomic E-state index is 1.46. The van der Waals surface area contributed by atoms with Crippen molar-refractivity contribution in [2.45, 2.75) is 0 Å².